The van der Waals surface area contributed by atoms with Crippen LogP contribution in [0.15, 0.2) is 65.1 Å². The van der Waals surface area contributed by atoms with Crippen molar-refractivity contribution in [2.24, 2.45) is 0 Å². The van der Waals surface area contributed by atoms with Crippen molar-refractivity contribution in [3.8, 4) is 11.3 Å². The van der Waals surface area contributed by atoms with Gasteiger partial charge in [-0.3, -0.25) is 20.2 Å². The van der Waals surface area contributed by atoms with Gasteiger partial charge in [0, 0.05) is 49.9 Å². The molecule has 1 saturated heterocycles. The monoisotopic (exact) mass is 438 g/mol. The number of nitro groups is 2. The highest BCUT2D eigenvalue weighted by Gasteiger charge is 2.25. The van der Waals surface area contributed by atoms with Gasteiger partial charge in [-0.2, -0.15) is 0 Å². The zero-order valence-corrected chi connectivity index (χ0v) is 17.2. The van der Waals surface area contributed by atoms with Crippen LogP contribution < -0.4 is 4.90 Å². The Hall–Kier alpha value is -3.79. The van der Waals surface area contributed by atoms with Crippen LogP contribution in [0.2, 0.25) is 0 Å². The van der Waals surface area contributed by atoms with Gasteiger partial charge in [0.25, 0.3) is 11.4 Å². The largest absolute Gasteiger partial charge is 0.454 e. The van der Waals surface area contributed by atoms with E-state index >= 15 is 0 Å². The molecule has 0 bridgehead atoms. The van der Waals surface area contributed by atoms with Crippen molar-refractivity contribution in [1.29, 1.82) is 0 Å². The summed E-state index contributed by atoms with van der Waals surface area (Å²) < 4.78 is 5.89. The summed E-state index contributed by atoms with van der Waals surface area (Å²) in [4.78, 5) is 25.9. The van der Waals surface area contributed by atoms with Gasteiger partial charge in [-0.05, 0) is 30.3 Å². The van der Waals surface area contributed by atoms with E-state index in [0.717, 1.165) is 5.56 Å². The van der Waals surface area contributed by atoms with Crippen molar-refractivity contribution in [2.75, 3.05) is 31.1 Å². The standard InChI is InChI=1S/C21H18N4O5S/c26-24(27)16-7-5-15(6-8-16)19-9-10-20(30-19)21(31)23-13-11-22(12-14-23)17-3-1-2-4-18(17)25(28)29/h1-10H,11-14H2. The third-order valence-electron chi connectivity index (χ3n) is 5.17. The minimum absolute atomic E-state index is 0.0163. The highest BCUT2D eigenvalue weighted by molar-refractivity contribution is 7.80. The third-order valence-corrected chi connectivity index (χ3v) is 5.62. The van der Waals surface area contributed by atoms with Crippen molar-refractivity contribution in [3.05, 3.63) is 86.7 Å². The predicted molar refractivity (Wildman–Crippen MR) is 119 cm³/mol. The van der Waals surface area contributed by atoms with Crippen molar-refractivity contribution in [1.82, 2.24) is 4.90 Å². The first kappa shape index (κ1) is 20.5. The average Bonchev–Trinajstić information content (AvgIpc) is 3.29. The van der Waals surface area contributed by atoms with E-state index in [1.54, 1.807) is 42.5 Å². The number of nitrogens with zero attached hydrogens (tertiary/aromatic N) is 4. The number of furan rings is 1. The molecule has 31 heavy (non-hydrogen) atoms. The molecule has 0 unspecified atom stereocenters. The molecule has 0 saturated carbocycles. The molecule has 10 heteroatoms. The fourth-order valence-electron chi connectivity index (χ4n) is 3.55. The van der Waals surface area contributed by atoms with Gasteiger partial charge in [-0.1, -0.05) is 24.4 Å². The quantitative estimate of drug-likeness (QED) is 0.330. The Morgan fingerprint density at radius 2 is 1.55 bits per heavy atom. The highest BCUT2D eigenvalue weighted by Crippen LogP contribution is 2.29. The van der Waals surface area contributed by atoms with Crippen LogP contribution in [0.4, 0.5) is 17.1 Å². The minimum atomic E-state index is -0.448. The number of nitro benzene ring substituents is 2. The molecule has 1 aliphatic heterocycles. The second-order valence-corrected chi connectivity index (χ2v) is 7.38. The smallest absolute Gasteiger partial charge is 0.292 e. The summed E-state index contributed by atoms with van der Waals surface area (Å²) in [6.45, 7) is 2.42. The zero-order valence-electron chi connectivity index (χ0n) is 16.3. The Balaban J connectivity index is 1.43. The molecule has 4 rings (SSSR count). The van der Waals surface area contributed by atoms with Gasteiger partial charge in [0.15, 0.2) is 5.76 Å². The lowest BCUT2D eigenvalue weighted by molar-refractivity contribution is -0.384. The second-order valence-electron chi connectivity index (χ2n) is 6.99. The van der Waals surface area contributed by atoms with Gasteiger partial charge in [0.1, 0.15) is 16.4 Å². The maximum absolute atomic E-state index is 11.3. The van der Waals surface area contributed by atoms with E-state index in [1.165, 1.54) is 18.2 Å². The van der Waals surface area contributed by atoms with E-state index in [4.69, 9.17) is 16.6 Å². The lowest BCUT2D eigenvalue weighted by Gasteiger charge is -2.36. The maximum Gasteiger partial charge on any atom is 0.292 e. The van der Waals surface area contributed by atoms with Gasteiger partial charge >= 0.3 is 0 Å². The van der Waals surface area contributed by atoms with Crippen molar-refractivity contribution in [2.45, 2.75) is 0 Å². The number of thiocarbonyl (C=S) groups is 1. The number of para-hydroxylation sites is 2. The Morgan fingerprint density at radius 3 is 2.19 bits per heavy atom. The van der Waals surface area contributed by atoms with Gasteiger partial charge in [0.05, 0.1) is 9.85 Å². The molecular formula is C21H18N4O5S. The Morgan fingerprint density at radius 1 is 0.871 bits per heavy atom. The van der Waals surface area contributed by atoms with Crippen LogP contribution in [0.1, 0.15) is 5.76 Å². The highest BCUT2D eigenvalue weighted by atomic mass is 32.1. The summed E-state index contributed by atoms with van der Waals surface area (Å²) >= 11 is 5.60. The topological polar surface area (TPSA) is 106 Å². The number of hydrogen-bond donors (Lipinski definition) is 0. The Labute approximate surface area is 182 Å². The first-order chi connectivity index (χ1) is 14.9. The average molecular weight is 438 g/mol. The summed E-state index contributed by atoms with van der Waals surface area (Å²) in [6, 6.07) is 16.4. The number of hydrogen-bond acceptors (Lipinski definition) is 7. The summed E-state index contributed by atoms with van der Waals surface area (Å²) in [5.41, 5.74) is 1.44. The van der Waals surface area contributed by atoms with Crippen molar-refractivity contribution >= 4 is 34.3 Å². The molecule has 1 aliphatic rings. The molecule has 0 aliphatic carbocycles. The number of benzene rings is 2. The molecule has 0 spiro atoms. The molecule has 0 amide bonds. The SMILES string of the molecule is O=[N+]([O-])c1ccc(-c2ccc(C(=S)N3CCN(c4ccccc4[N+](=O)[O-])CC3)o2)cc1. The van der Waals surface area contributed by atoms with Crippen LogP contribution in [0.3, 0.4) is 0 Å². The Bertz CT molecular complexity index is 1140. The fraction of sp³-hybridized carbons (Fsp3) is 0.190. The molecule has 0 atom stereocenters. The second kappa shape index (κ2) is 8.52. The number of piperazine rings is 1. The first-order valence-electron chi connectivity index (χ1n) is 9.56. The molecule has 0 N–H and O–H groups in total. The fourth-order valence-corrected chi connectivity index (χ4v) is 3.84. The molecule has 2 aromatic carbocycles. The Kier molecular flexibility index (Phi) is 5.63. The van der Waals surface area contributed by atoms with Gasteiger partial charge in [0.2, 0.25) is 0 Å². The molecular weight excluding hydrogens is 420 g/mol. The van der Waals surface area contributed by atoms with Crippen LogP contribution in [-0.2, 0) is 0 Å². The lowest BCUT2D eigenvalue weighted by Crippen LogP contribution is -2.48. The van der Waals surface area contributed by atoms with Gasteiger partial charge in [-0.15, -0.1) is 0 Å². The molecule has 2 heterocycles. The van der Waals surface area contributed by atoms with Crippen LogP contribution in [0, 0.1) is 20.2 Å². The molecule has 9 nitrogen and oxygen atoms in total. The minimum Gasteiger partial charge on any atom is -0.454 e. The normalized spacial score (nSPS) is 13.8. The van der Waals surface area contributed by atoms with E-state index in [0.29, 0.717) is 48.4 Å². The van der Waals surface area contributed by atoms with E-state index in [9.17, 15) is 20.2 Å². The van der Waals surface area contributed by atoms with Crippen LogP contribution in [0.5, 0.6) is 0 Å². The van der Waals surface area contributed by atoms with Gasteiger partial charge < -0.3 is 14.2 Å². The first-order valence-corrected chi connectivity index (χ1v) is 9.97. The summed E-state index contributed by atoms with van der Waals surface area (Å²) in [6.07, 6.45) is 0. The number of non-ortho nitro benzene ring substituents is 1. The summed E-state index contributed by atoms with van der Waals surface area (Å²) in [5, 5.41) is 22.1. The van der Waals surface area contributed by atoms with E-state index < -0.39 is 4.92 Å². The third kappa shape index (κ3) is 4.24. The number of rotatable bonds is 5. The molecule has 1 fully saturated rings. The maximum atomic E-state index is 11.3. The van der Waals surface area contributed by atoms with E-state index in [2.05, 4.69) is 0 Å². The van der Waals surface area contributed by atoms with Gasteiger partial charge in [-0.25, -0.2) is 0 Å². The summed E-state index contributed by atoms with van der Waals surface area (Å²) in [7, 11) is 0. The zero-order chi connectivity index (χ0) is 22.0. The van der Waals surface area contributed by atoms with E-state index in [-0.39, 0.29) is 16.3 Å². The molecule has 3 aromatic rings. The van der Waals surface area contributed by atoms with Crippen molar-refractivity contribution in [3.63, 3.8) is 0 Å². The predicted octanol–water partition coefficient (Wildman–Crippen LogP) is 4.26. The van der Waals surface area contributed by atoms with Crippen LogP contribution >= 0.6 is 12.2 Å². The molecule has 158 valence electrons. The van der Waals surface area contributed by atoms with Crippen LogP contribution in [-0.4, -0.2) is 45.9 Å². The summed E-state index contributed by atoms with van der Waals surface area (Å²) in [5.74, 6) is 1.12. The number of anilines is 1. The van der Waals surface area contributed by atoms with Crippen molar-refractivity contribution < 1.29 is 14.3 Å². The molecule has 1 aromatic heterocycles. The molecule has 0 radical (unpaired) electrons. The van der Waals surface area contributed by atoms with Crippen LogP contribution in [0.25, 0.3) is 11.3 Å². The van der Waals surface area contributed by atoms with E-state index in [1.807, 2.05) is 9.80 Å². The lowest BCUT2D eigenvalue weighted by atomic mass is 10.1.